The highest BCUT2D eigenvalue weighted by molar-refractivity contribution is 5.18. The average molecular weight is 233 g/mol. The molecule has 0 heterocycles. The smallest absolute Gasteiger partial charge is 0.0320 e. The molecule has 2 unspecified atom stereocenters. The molecule has 1 N–H and O–H groups in total. The average Bonchev–Trinajstić information content (AvgIpc) is 2.35. The van der Waals surface area contributed by atoms with Crippen molar-refractivity contribution in [3.8, 4) is 0 Å². The van der Waals surface area contributed by atoms with Gasteiger partial charge in [-0.3, -0.25) is 0 Å². The summed E-state index contributed by atoms with van der Waals surface area (Å²) in [5, 5.41) is 3.72. The first kappa shape index (κ1) is 14.2. The van der Waals surface area contributed by atoms with E-state index in [2.05, 4.69) is 63.3 Å². The van der Waals surface area contributed by atoms with Crippen molar-refractivity contribution >= 4 is 0 Å². The molecule has 0 aliphatic rings. The molecule has 0 bridgehead atoms. The first-order chi connectivity index (χ1) is 8.15. The molecule has 1 aromatic rings. The molecule has 0 aliphatic heterocycles. The van der Waals surface area contributed by atoms with Crippen molar-refractivity contribution < 1.29 is 0 Å². The fourth-order valence-corrected chi connectivity index (χ4v) is 1.92. The van der Waals surface area contributed by atoms with Crippen molar-refractivity contribution in [2.45, 2.75) is 46.6 Å². The minimum atomic E-state index is 0.516. The molecule has 0 aromatic heterocycles. The van der Waals surface area contributed by atoms with Gasteiger partial charge in [-0.1, -0.05) is 64.4 Å². The molecule has 0 aliphatic carbocycles. The highest BCUT2D eigenvalue weighted by Gasteiger charge is 2.12. The Kier molecular flexibility index (Phi) is 6.28. The molecule has 17 heavy (non-hydrogen) atoms. The Bertz CT molecular complexity index is 292. The summed E-state index contributed by atoms with van der Waals surface area (Å²) in [4.78, 5) is 0. The van der Waals surface area contributed by atoms with E-state index in [0.717, 1.165) is 18.4 Å². The maximum Gasteiger partial charge on any atom is 0.0320 e. The number of benzene rings is 1. The van der Waals surface area contributed by atoms with Gasteiger partial charge in [0, 0.05) is 6.04 Å². The fraction of sp³-hybridized carbons (Fsp3) is 0.625. The fourth-order valence-electron chi connectivity index (χ4n) is 1.92. The van der Waals surface area contributed by atoms with Crippen LogP contribution < -0.4 is 5.32 Å². The van der Waals surface area contributed by atoms with Crippen molar-refractivity contribution in [1.29, 1.82) is 0 Å². The summed E-state index contributed by atoms with van der Waals surface area (Å²) in [6.07, 6.45) is 2.44. The maximum atomic E-state index is 3.72. The van der Waals surface area contributed by atoms with Crippen molar-refractivity contribution in [2.24, 2.45) is 11.8 Å². The molecule has 96 valence electrons. The van der Waals surface area contributed by atoms with E-state index in [1.807, 2.05) is 0 Å². The van der Waals surface area contributed by atoms with Crippen LogP contribution in [0.4, 0.5) is 0 Å². The van der Waals surface area contributed by atoms with Crippen molar-refractivity contribution in [3.05, 3.63) is 35.9 Å². The van der Waals surface area contributed by atoms with Crippen LogP contribution in [-0.2, 0) is 0 Å². The standard InChI is InChI=1S/C16H27N/c1-5-9-16(15-10-7-6-8-11-15)17-12-14(4)13(2)3/h6-8,10-11,13-14,16-17H,5,9,12H2,1-4H3. The van der Waals surface area contributed by atoms with Crippen LogP contribution in [0.5, 0.6) is 0 Å². The molecule has 0 fully saturated rings. The van der Waals surface area contributed by atoms with Gasteiger partial charge in [-0.2, -0.15) is 0 Å². The molecule has 1 nitrogen and oxygen atoms in total. The summed E-state index contributed by atoms with van der Waals surface area (Å²) >= 11 is 0. The zero-order valence-corrected chi connectivity index (χ0v) is 11.7. The van der Waals surface area contributed by atoms with Crippen molar-refractivity contribution in [3.63, 3.8) is 0 Å². The monoisotopic (exact) mass is 233 g/mol. The van der Waals surface area contributed by atoms with Gasteiger partial charge in [0.05, 0.1) is 0 Å². The van der Waals surface area contributed by atoms with E-state index in [1.165, 1.54) is 18.4 Å². The lowest BCUT2D eigenvalue weighted by Gasteiger charge is -2.23. The van der Waals surface area contributed by atoms with Gasteiger partial charge >= 0.3 is 0 Å². The van der Waals surface area contributed by atoms with Crippen LogP contribution in [0.3, 0.4) is 0 Å². The third kappa shape index (κ3) is 4.91. The first-order valence-corrected chi connectivity index (χ1v) is 6.93. The summed E-state index contributed by atoms with van der Waals surface area (Å²) in [7, 11) is 0. The molecule has 0 spiro atoms. The SMILES string of the molecule is CCCC(NCC(C)C(C)C)c1ccccc1. The zero-order valence-electron chi connectivity index (χ0n) is 11.7. The predicted octanol–water partition coefficient (Wildman–Crippen LogP) is 4.41. The second-order valence-corrected chi connectivity index (χ2v) is 5.38. The van der Waals surface area contributed by atoms with Gasteiger partial charge in [-0.25, -0.2) is 0 Å². The van der Waals surface area contributed by atoms with E-state index in [4.69, 9.17) is 0 Å². The lowest BCUT2D eigenvalue weighted by molar-refractivity contribution is 0.361. The van der Waals surface area contributed by atoms with Gasteiger partial charge in [-0.05, 0) is 30.4 Å². The van der Waals surface area contributed by atoms with Crippen molar-refractivity contribution in [1.82, 2.24) is 5.32 Å². The lowest BCUT2D eigenvalue weighted by atomic mass is 9.96. The lowest BCUT2D eigenvalue weighted by Crippen LogP contribution is -2.28. The van der Waals surface area contributed by atoms with E-state index in [-0.39, 0.29) is 0 Å². The van der Waals surface area contributed by atoms with E-state index >= 15 is 0 Å². The van der Waals surface area contributed by atoms with Crippen LogP contribution in [0, 0.1) is 11.8 Å². The summed E-state index contributed by atoms with van der Waals surface area (Å²) in [6, 6.07) is 11.3. The Morgan fingerprint density at radius 1 is 1.06 bits per heavy atom. The Morgan fingerprint density at radius 2 is 1.71 bits per heavy atom. The molecule has 1 heteroatoms. The Hall–Kier alpha value is -0.820. The normalized spacial score (nSPS) is 14.9. The van der Waals surface area contributed by atoms with E-state index in [1.54, 1.807) is 0 Å². The molecule has 0 radical (unpaired) electrons. The number of nitrogens with one attached hydrogen (secondary N) is 1. The summed E-state index contributed by atoms with van der Waals surface area (Å²) < 4.78 is 0. The first-order valence-electron chi connectivity index (χ1n) is 6.93. The molecular weight excluding hydrogens is 206 g/mol. The molecule has 1 aromatic carbocycles. The molecule has 1 rings (SSSR count). The molecule has 0 saturated carbocycles. The second kappa shape index (κ2) is 7.50. The van der Waals surface area contributed by atoms with E-state index in [0.29, 0.717) is 6.04 Å². The third-order valence-electron chi connectivity index (χ3n) is 3.60. The minimum absolute atomic E-state index is 0.516. The van der Waals surface area contributed by atoms with Crippen molar-refractivity contribution in [2.75, 3.05) is 6.54 Å². The number of hydrogen-bond acceptors (Lipinski definition) is 1. The van der Waals surface area contributed by atoms with Gasteiger partial charge in [-0.15, -0.1) is 0 Å². The van der Waals surface area contributed by atoms with Gasteiger partial charge in [0.25, 0.3) is 0 Å². The zero-order chi connectivity index (χ0) is 12.7. The van der Waals surface area contributed by atoms with Gasteiger partial charge in [0.2, 0.25) is 0 Å². The second-order valence-electron chi connectivity index (χ2n) is 5.38. The molecule has 0 amide bonds. The molecule has 0 saturated heterocycles. The highest BCUT2D eigenvalue weighted by Crippen LogP contribution is 2.19. The van der Waals surface area contributed by atoms with E-state index < -0.39 is 0 Å². The Morgan fingerprint density at radius 3 is 2.24 bits per heavy atom. The van der Waals surface area contributed by atoms with Crippen LogP contribution in [0.15, 0.2) is 30.3 Å². The topological polar surface area (TPSA) is 12.0 Å². The third-order valence-corrected chi connectivity index (χ3v) is 3.60. The van der Waals surface area contributed by atoms with Crippen LogP contribution in [0.1, 0.15) is 52.1 Å². The Labute approximate surface area is 107 Å². The van der Waals surface area contributed by atoms with Gasteiger partial charge in [0.15, 0.2) is 0 Å². The Balaban J connectivity index is 2.55. The van der Waals surface area contributed by atoms with Crippen LogP contribution >= 0.6 is 0 Å². The van der Waals surface area contributed by atoms with Crippen LogP contribution in [-0.4, -0.2) is 6.54 Å². The highest BCUT2D eigenvalue weighted by atomic mass is 14.9. The molecule has 2 atom stereocenters. The summed E-state index contributed by atoms with van der Waals surface area (Å²) in [5.41, 5.74) is 1.42. The van der Waals surface area contributed by atoms with Gasteiger partial charge < -0.3 is 5.32 Å². The van der Waals surface area contributed by atoms with Crippen LogP contribution in [0.25, 0.3) is 0 Å². The number of rotatable bonds is 7. The minimum Gasteiger partial charge on any atom is -0.310 e. The largest absolute Gasteiger partial charge is 0.310 e. The summed E-state index contributed by atoms with van der Waals surface area (Å²) in [5.74, 6) is 1.48. The quantitative estimate of drug-likeness (QED) is 0.735. The van der Waals surface area contributed by atoms with Crippen LogP contribution in [0.2, 0.25) is 0 Å². The molecular formula is C16H27N. The number of hydrogen-bond donors (Lipinski definition) is 1. The predicted molar refractivity (Wildman–Crippen MR) is 76.1 cm³/mol. The maximum absolute atomic E-state index is 3.72. The summed E-state index contributed by atoms with van der Waals surface area (Å²) in [6.45, 7) is 10.3. The van der Waals surface area contributed by atoms with E-state index in [9.17, 15) is 0 Å². The van der Waals surface area contributed by atoms with Gasteiger partial charge in [0.1, 0.15) is 0 Å².